The topological polar surface area (TPSA) is 41.5 Å². The van der Waals surface area contributed by atoms with Crippen molar-refractivity contribution in [2.45, 2.75) is 25.9 Å². The van der Waals surface area contributed by atoms with Gasteiger partial charge in [0.15, 0.2) is 11.6 Å². The largest absolute Gasteiger partial charge is 0.508 e. The lowest BCUT2D eigenvalue weighted by Gasteiger charge is -2.21. The minimum Gasteiger partial charge on any atom is -0.508 e. The second kappa shape index (κ2) is 6.59. The summed E-state index contributed by atoms with van der Waals surface area (Å²) >= 11 is 0. The summed E-state index contributed by atoms with van der Waals surface area (Å²) in [5.74, 6) is 0.115. The van der Waals surface area contributed by atoms with Gasteiger partial charge in [-0.25, -0.2) is 4.39 Å². The zero-order valence-corrected chi connectivity index (χ0v) is 12.4. The molecular weight excluding hydrogens is 269 g/mol. The first-order chi connectivity index (χ1) is 10.0. The maximum absolute atomic E-state index is 13.7. The molecule has 0 bridgehead atoms. The highest BCUT2D eigenvalue weighted by molar-refractivity contribution is 5.35. The van der Waals surface area contributed by atoms with Crippen molar-refractivity contribution in [3.63, 3.8) is 0 Å². The van der Waals surface area contributed by atoms with Crippen LogP contribution in [0.3, 0.4) is 0 Å². The lowest BCUT2D eigenvalue weighted by atomic mass is 10.0. The van der Waals surface area contributed by atoms with Crippen LogP contribution in [0.4, 0.5) is 4.39 Å². The molecule has 0 aliphatic rings. The highest BCUT2D eigenvalue weighted by Gasteiger charge is 2.15. The van der Waals surface area contributed by atoms with Gasteiger partial charge in [0.25, 0.3) is 0 Å². The first kappa shape index (κ1) is 15.3. The second-order valence-electron chi connectivity index (χ2n) is 5.06. The van der Waals surface area contributed by atoms with Gasteiger partial charge in [-0.3, -0.25) is 0 Å². The highest BCUT2D eigenvalue weighted by Crippen LogP contribution is 2.27. The molecule has 0 aliphatic carbocycles. The average molecular weight is 289 g/mol. The minimum absolute atomic E-state index is 0.0497. The Bertz CT molecular complexity index is 615. The number of rotatable bonds is 5. The quantitative estimate of drug-likeness (QED) is 0.875. The molecule has 0 heterocycles. The summed E-state index contributed by atoms with van der Waals surface area (Å²) in [7, 11) is 1.44. The maximum atomic E-state index is 13.7. The fourth-order valence-corrected chi connectivity index (χ4v) is 2.37. The summed E-state index contributed by atoms with van der Waals surface area (Å²) in [5.41, 5.74) is 1.65. The van der Waals surface area contributed by atoms with Crippen molar-refractivity contribution in [3.8, 4) is 11.5 Å². The number of halogens is 1. The summed E-state index contributed by atoms with van der Waals surface area (Å²) in [5, 5.41) is 13.2. The Labute approximate surface area is 124 Å². The van der Waals surface area contributed by atoms with Crippen molar-refractivity contribution in [3.05, 3.63) is 59.4 Å². The van der Waals surface area contributed by atoms with E-state index in [9.17, 15) is 9.50 Å². The third kappa shape index (κ3) is 3.52. The van der Waals surface area contributed by atoms with E-state index >= 15 is 0 Å². The predicted octanol–water partition coefficient (Wildman–Crippen LogP) is 3.95. The third-order valence-electron chi connectivity index (χ3n) is 3.58. The average Bonchev–Trinajstić information content (AvgIpc) is 2.47. The van der Waals surface area contributed by atoms with Gasteiger partial charge in [0, 0.05) is 17.6 Å². The fourth-order valence-electron chi connectivity index (χ4n) is 2.37. The number of para-hydroxylation sites is 1. The SMILES string of the molecule is COc1ccc(C(C)NC(C)c2ccccc2O)cc1F. The van der Waals surface area contributed by atoms with E-state index in [0.717, 1.165) is 11.1 Å². The van der Waals surface area contributed by atoms with E-state index in [1.165, 1.54) is 13.2 Å². The van der Waals surface area contributed by atoms with E-state index in [1.807, 2.05) is 32.0 Å². The van der Waals surface area contributed by atoms with Crippen molar-refractivity contribution in [1.29, 1.82) is 0 Å². The van der Waals surface area contributed by atoms with Crippen molar-refractivity contribution in [2.75, 3.05) is 7.11 Å². The predicted molar refractivity (Wildman–Crippen MR) is 81.0 cm³/mol. The van der Waals surface area contributed by atoms with Crippen LogP contribution in [-0.2, 0) is 0 Å². The van der Waals surface area contributed by atoms with Crippen LogP contribution in [0.1, 0.15) is 37.1 Å². The molecule has 2 rings (SSSR count). The Morgan fingerprint density at radius 2 is 1.81 bits per heavy atom. The molecule has 2 atom stereocenters. The summed E-state index contributed by atoms with van der Waals surface area (Å²) < 4.78 is 18.7. The van der Waals surface area contributed by atoms with E-state index in [0.29, 0.717) is 0 Å². The molecular formula is C17H20FNO2. The van der Waals surface area contributed by atoms with Crippen molar-refractivity contribution in [1.82, 2.24) is 5.32 Å². The lowest BCUT2D eigenvalue weighted by Crippen LogP contribution is -2.22. The summed E-state index contributed by atoms with van der Waals surface area (Å²) in [6.45, 7) is 3.92. The van der Waals surface area contributed by atoms with Crippen molar-refractivity contribution in [2.24, 2.45) is 0 Å². The molecule has 112 valence electrons. The van der Waals surface area contributed by atoms with Crippen molar-refractivity contribution < 1.29 is 14.2 Å². The zero-order valence-electron chi connectivity index (χ0n) is 12.4. The minimum atomic E-state index is -0.376. The molecule has 0 aromatic heterocycles. The van der Waals surface area contributed by atoms with Gasteiger partial charge < -0.3 is 15.2 Å². The van der Waals surface area contributed by atoms with E-state index in [1.54, 1.807) is 18.2 Å². The summed E-state index contributed by atoms with van der Waals surface area (Å²) in [6, 6.07) is 12.0. The number of nitrogens with one attached hydrogen (secondary N) is 1. The van der Waals surface area contributed by atoms with Gasteiger partial charge in [0.1, 0.15) is 5.75 Å². The molecule has 3 nitrogen and oxygen atoms in total. The van der Waals surface area contributed by atoms with E-state index < -0.39 is 0 Å². The smallest absolute Gasteiger partial charge is 0.165 e. The number of benzene rings is 2. The van der Waals surface area contributed by atoms with Crippen LogP contribution in [0.25, 0.3) is 0 Å². The Kier molecular flexibility index (Phi) is 4.81. The van der Waals surface area contributed by atoms with E-state index in [4.69, 9.17) is 4.74 Å². The Morgan fingerprint density at radius 1 is 1.10 bits per heavy atom. The summed E-state index contributed by atoms with van der Waals surface area (Å²) in [6.07, 6.45) is 0. The first-order valence-electron chi connectivity index (χ1n) is 6.90. The Balaban J connectivity index is 2.12. The van der Waals surface area contributed by atoms with Crippen LogP contribution in [0.5, 0.6) is 11.5 Å². The number of ether oxygens (including phenoxy) is 1. The van der Waals surface area contributed by atoms with Gasteiger partial charge >= 0.3 is 0 Å². The van der Waals surface area contributed by atoms with Gasteiger partial charge in [-0.05, 0) is 37.6 Å². The number of phenols is 1. The van der Waals surface area contributed by atoms with E-state index in [-0.39, 0.29) is 29.4 Å². The van der Waals surface area contributed by atoms with Crippen molar-refractivity contribution >= 4 is 0 Å². The van der Waals surface area contributed by atoms with Crippen LogP contribution < -0.4 is 10.1 Å². The molecule has 0 amide bonds. The van der Waals surface area contributed by atoms with Gasteiger partial charge in [-0.1, -0.05) is 24.3 Å². The molecule has 0 fully saturated rings. The normalized spacial score (nSPS) is 13.7. The molecule has 21 heavy (non-hydrogen) atoms. The molecule has 2 aromatic rings. The van der Waals surface area contributed by atoms with Gasteiger partial charge in [-0.15, -0.1) is 0 Å². The molecule has 2 aromatic carbocycles. The van der Waals surface area contributed by atoms with E-state index in [2.05, 4.69) is 5.32 Å². The Hall–Kier alpha value is -2.07. The number of hydrogen-bond donors (Lipinski definition) is 2. The molecule has 0 saturated heterocycles. The second-order valence-corrected chi connectivity index (χ2v) is 5.06. The molecule has 2 N–H and O–H groups in total. The monoisotopic (exact) mass is 289 g/mol. The number of hydrogen-bond acceptors (Lipinski definition) is 3. The van der Waals surface area contributed by atoms with Gasteiger partial charge in [0.2, 0.25) is 0 Å². The molecule has 0 saturated carbocycles. The molecule has 0 aliphatic heterocycles. The maximum Gasteiger partial charge on any atom is 0.165 e. The number of aromatic hydroxyl groups is 1. The van der Waals surface area contributed by atoms with Crippen LogP contribution in [0.15, 0.2) is 42.5 Å². The van der Waals surface area contributed by atoms with Crippen LogP contribution in [0.2, 0.25) is 0 Å². The lowest BCUT2D eigenvalue weighted by molar-refractivity contribution is 0.385. The number of phenolic OH excluding ortho intramolecular Hbond substituents is 1. The standard InChI is InChI=1S/C17H20FNO2/c1-11(13-8-9-17(21-3)15(18)10-13)19-12(2)14-6-4-5-7-16(14)20/h4-12,19-20H,1-3H3. The fraction of sp³-hybridized carbons (Fsp3) is 0.294. The zero-order chi connectivity index (χ0) is 15.4. The molecule has 0 spiro atoms. The highest BCUT2D eigenvalue weighted by atomic mass is 19.1. The van der Waals surface area contributed by atoms with Crippen LogP contribution >= 0.6 is 0 Å². The van der Waals surface area contributed by atoms with Gasteiger partial charge in [-0.2, -0.15) is 0 Å². The number of methoxy groups -OCH3 is 1. The molecule has 0 radical (unpaired) electrons. The Morgan fingerprint density at radius 3 is 2.43 bits per heavy atom. The molecule has 4 heteroatoms. The molecule has 2 unspecified atom stereocenters. The first-order valence-corrected chi connectivity index (χ1v) is 6.90. The van der Waals surface area contributed by atoms with Gasteiger partial charge in [0.05, 0.1) is 7.11 Å². The summed E-state index contributed by atoms with van der Waals surface area (Å²) in [4.78, 5) is 0. The third-order valence-corrected chi connectivity index (χ3v) is 3.58. The van der Waals surface area contributed by atoms with Crippen LogP contribution in [0, 0.1) is 5.82 Å². The van der Waals surface area contributed by atoms with Crippen LogP contribution in [-0.4, -0.2) is 12.2 Å².